The summed E-state index contributed by atoms with van der Waals surface area (Å²) in [5, 5.41) is 11.1. The Morgan fingerprint density at radius 1 is 0.560 bits per heavy atom. The molecule has 0 aliphatic rings. The molecule has 50 heavy (non-hydrogen) atoms. The van der Waals surface area contributed by atoms with Crippen LogP contribution < -0.4 is 5.32 Å². The summed E-state index contributed by atoms with van der Waals surface area (Å²) in [6.07, 6.45) is 50.7. The number of esters is 1. The van der Waals surface area contributed by atoms with Crippen LogP contribution >= 0.6 is 0 Å². The average molecular weight is 698 g/mol. The Labute approximate surface area is 307 Å². The Hall–Kier alpha value is -2.89. The molecule has 0 bridgehead atoms. The molecular formula is C44H75NO5. The van der Waals surface area contributed by atoms with Crippen molar-refractivity contribution >= 4 is 17.8 Å². The van der Waals surface area contributed by atoms with E-state index >= 15 is 0 Å². The zero-order chi connectivity index (χ0) is 36.6. The molecule has 0 heterocycles. The number of ether oxygens (including phenoxy) is 1. The highest BCUT2D eigenvalue weighted by Gasteiger charge is 2.11. The van der Waals surface area contributed by atoms with Gasteiger partial charge in [-0.3, -0.25) is 14.4 Å². The van der Waals surface area contributed by atoms with Gasteiger partial charge in [0.15, 0.2) is 0 Å². The van der Waals surface area contributed by atoms with E-state index in [1.165, 1.54) is 83.5 Å². The summed E-state index contributed by atoms with van der Waals surface area (Å²) in [6, 6.07) is 0. The van der Waals surface area contributed by atoms with Crippen molar-refractivity contribution in [1.82, 2.24) is 5.32 Å². The van der Waals surface area contributed by atoms with Gasteiger partial charge < -0.3 is 15.2 Å². The van der Waals surface area contributed by atoms with Gasteiger partial charge in [-0.1, -0.05) is 152 Å². The van der Waals surface area contributed by atoms with Crippen LogP contribution in [0, 0.1) is 0 Å². The van der Waals surface area contributed by atoms with Crippen LogP contribution in [0.15, 0.2) is 60.8 Å². The molecule has 0 radical (unpaired) electrons. The Morgan fingerprint density at radius 3 is 1.60 bits per heavy atom. The zero-order valence-electron chi connectivity index (χ0n) is 32.2. The van der Waals surface area contributed by atoms with E-state index in [4.69, 9.17) is 9.84 Å². The molecule has 1 amide bonds. The number of aliphatic carboxylic acids is 1. The lowest BCUT2D eigenvalue weighted by Crippen LogP contribution is -2.28. The van der Waals surface area contributed by atoms with E-state index in [2.05, 4.69) is 73.8 Å². The molecule has 6 heteroatoms. The maximum atomic E-state index is 12.7. The molecule has 286 valence electrons. The first-order valence-corrected chi connectivity index (χ1v) is 20.4. The lowest BCUT2D eigenvalue weighted by molar-refractivity contribution is -0.147. The topological polar surface area (TPSA) is 92.7 Å². The number of amides is 1. The van der Waals surface area contributed by atoms with Crippen LogP contribution in [0.3, 0.4) is 0 Å². The minimum atomic E-state index is -1.03. The van der Waals surface area contributed by atoms with Crippen LogP contribution in [0.2, 0.25) is 0 Å². The summed E-state index contributed by atoms with van der Waals surface area (Å²) in [7, 11) is 0. The van der Waals surface area contributed by atoms with Gasteiger partial charge in [-0.25, -0.2) is 0 Å². The van der Waals surface area contributed by atoms with Gasteiger partial charge in [0.1, 0.15) is 12.6 Å². The number of unbranched alkanes of at least 4 members (excludes halogenated alkanes) is 17. The average Bonchev–Trinajstić information content (AvgIpc) is 3.10. The quantitative estimate of drug-likeness (QED) is 0.0386. The van der Waals surface area contributed by atoms with Gasteiger partial charge in [-0.15, -0.1) is 0 Å². The molecule has 0 saturated heterocycles. The van der Waals surface area contributed by atoms with Gasteiger partial charge in [-0.05, 0) is 83.1 Å². The van der Waals surface area contributed by atoms with E-state index in [9.17, 15) is 14.4 Å². The largest absolute Gasteiger partial charge is 0.480 e. The highest BCUT2D eigenvalue weighted by atomic mass is 16.5. The van der Waals surface area contributed by atoms with Crippen LogP contribution in [0.5, 0.6) is 0 Å². The minimum Gasteiger partial charge on any atom is -0.480 e. The molecule has 0 aromatic rings. The second-order valence-electron chi connectivity index (χ2n) is 13.5. The van der Waals surface area contributed by atoms with Crippen molar-refractivity contribution in [3.05, 3.63) is 60.8 Å². The maximum Gasteiger partial charge on any atom is 0.322 e. The number of hydrogen-bond donors (Lipinski definition) is 2. The number of carboxylic acid groups (broad SMARTS) is 1. The Morgan fingerprint density at radius 2 is 1.04 bits per heavy atom. The Bertz CT molecular complexity index is 948. The Kier molecular flexibility index (Phi) is 36.7. The third kappa shape index (κ3) is 37.9. The molecule has 0 aromatic heterocycles. The molecule has 0 spiro atoms. The monoisotopic (exact) mass is 698 g/mol. The minimum absolute atomic E-state index is 0.0995. The number of nitrogens with one attached hydrogen (secondary N) is 1. The highest BCUT2D eigenvalue weighted by molar-refractivity contribution is 5.80. The van der Waals surface area contributed by atoms with Crippen LogP contribution in [0.1, 0.15) is 187 Å². The summed E-state index contributed by atoms with van der Waals surface area (Å²) in [5.74, 6) is -1.34. The predicted octanol–water partition coefficient (Wildman–Crippen LogP) is 12.5. The molecule has 6 nitrogen and oxygen atoms in total. The van der Waals surface area contributed by atoms with Crippen molar-refractivity contribution in [3.8, 4) is 0 Å². The molecule has 0 rings (SSSR count). The molecule has 1 unspecified atom stereocenters. The lowest BCUT2D eigenvalue weighted by atomic mass is 10.1. The molecule has 0 fully saturated rings. The third-order valence-corrected chi connectivity index (χ3v) is 8.66. The van der Waals surface area contributed by atoms with E-state index < -0.39 is 5.97 Å². The molecule has 1 atom stereocenters. The van der Waals surface area contributed by atoms with Crippen molar-refractivity contribution < 1.29 is 24.2 Å². The van der Waals surface area contributed by atoms with E-state index in [0.717, 1.165) is 77.0 Å². The second-order valence-corrected chi connectivity index (χ2v) is 13.5. The number of carbonyl (C=O) groups is 3. The third-order valence-electron chi connectivity index (χ3n) is 8.66. The van der Waals surface area contributed by atoms with Gasteiger partial charge >= 0.3 is 11.9 Å². The first kappa shape index (κ1) is 47.1. The fourth-order valence-electron chi connectivity index (χ4n) is 5.65. The molecule has 0 aliphatic carbocycles. The van der Waals surface area contributed by atoms with E-state index in [-0.39, 0.29) is 24.5 Å². The van der Waals surface area contributed by atoms with Crippen LogP contribution in [-0.4, -0.2) is 35.6 Å². The van der Waals surface area contributed by atoms with Gasteiger partial charge in [-0.2, -0.15) is 0 Å². The normalized spacial score (nSPS) is 12.7. The summed E-state index contributed by atoms with van der Waals surface area (Å²) in [5.41, 5.74) is 0. The van der Waals surface area contributed by atoms with Gasteiger partial charge in [0.25, 0.3) is 0 Å². The van der Waals surface area contributed by atoms with Crippen molar-refractivity contribution in [2.24, 2.45) is 0 Å². The van der Waals surface area contributed by atoms with Crippen LogP contribution in [0.25, 0.3) is 0 Å². The summed E-state index contributed by atoms with van der Waals surface area (Å²) in [6.45, 7) is 4.08. The van der Waals surface area contributed by atoms with E-state index in [1.807, 2.05) is 6.08 Å². The fraction of sp³-hybridized carbons (Fsp3) is 0.705. The van der Waals surface area contributed by atoms with Crippen LogP contribution in [-0.2, 0) is 19.1 Å². The SMILES string of the molecule is CC/C=C\C/C=C\C/C=C\C/C=C\C(CCCCCCCC(=O)NCC(=O)O)OC(=O)CCCCCCCCC/C=C\CCCCCCCC. The first-order chi connectivity index (χ1) is 24.5. The Balaban J connectivity index is 4.26. The predicted molar refractivity (Wildman–Crippen MR) is 212 cm³/mol. The van der Waals surface area contributed by atoms with Crippen LogP contribution in [0.4, 0.5) is 0 Å². The van der Waals surface area contributed by atoms with Crippen molar-refractivity contribution in [3.63, 3.8) is 0 Å². The fourth-order valence-corrected chi connectivity index (χ4v) is 5.65. The maximum absolute atomic E-state index is 12.7. The summed E-state index contributed by atoms with van der Waals surface area (Å²) in [4.78, 5) is 34.9. The smallest absolute Gasteiger partial charge is 0.322 e. The highest BCUT2D eigenvalue weighted by Crippen LogP contribution is 2.15. The second kappa shape index (κ2) is 38.9. The van der Waals surface area contributed by atoms with E-state index in [0.29, 0.717) is 12.8 Å². The van der Waals surface area contributed by atoms with Crippen molar-refractivity contribution in [1.29, 1.82) is 0 Å². The molecular weight excluding hydrogens is 622 g/mol. The molecule has 0 saturated carbocycles. The number of hydrogen-bond acceptors (Lipinski definition) is 4. The standard InChI is InChI=1S/C44H75NO5/c1-3-5-7-9-11-13-15-16-17-18-19-20-22-24-26-31-35-39-44(49)50-41(36-32-28-25-23-21-14-12-10-8-6-4-2)37-33-29-27-30-34-38-42(46)45-40-43(47)48/h6,8,12,14,16-17,23,25,32,36,41H,3-5,7,9-11,13,15,18-22,24,26-31,33-35,37-40H2,1-2H3,(H,45,46)(H,47,48)/b8-6-,14-12-,17-16-,25-23-,36-32-. The van der Waals surface area contributed by atoms with Gasteiger partial charge in [0.2, 0.25) is 5.91 Å². The first-order valence-electron chi connectivity index (χ1n) is 20.4. The van der Waals surface area contributed by atoms with Gasteiger partial charge in [0, 0.05) is 12.8 Å². The molecule has 0 aromatic carbocycles. The number of carboxylic acids is 1. The van der Waals surface area contributed by atoms with E-state index in [1.54, 1.807) is 0 Å². The van der Waals surface area contributed by atoms with Crippen molar-refractivity contribution in [2.75, 3.05) is 6.54 Å². The summed E-state index contributed by atoms with van der Waals surface area (Å²) < 4.78 is 5.90. The zero-order valence-corrected chi connectivity index (χ0v) is 32.2. The van der Waals surface area contributed by atoms with Crippen molar-refractivity contribution in [2.45, 2.75) is 193 Å². The number of carbonyl (C=O) groups excluding carboxylic acids is 2. The number of rotatable bonds is 36. The lowest BCUT2D eigenvalue weighted by Gasteiger charge is -2.14. The molecule has 2 N–H and O–H groups in total. The van der Waals surface area contributed by atoms with Gasteiger partial charge in [0.05, 0.1) is 0 Å². The number of allylic oxidation sites excluding steroid dienone is 9. The molecule has 0 aliphatic heterocycles. The summed E-state index contributed by atoms with van der Waals surface area (Å²) >= 11 is 0.